The van der Waals surface area contributed by atoms with Crippen molar-refractivity contribution >= 4 is 12.6 Å². The average Bonchev–Trinajstić information content (AvgIpc) is 2.18. The first-order valence-corrected chi connectivity index (χ1v) is 4.81. The lowest BCUT2D eigenvalue weighted by Crippen LogP contribution is -1.81. The van der Waals surface area contributed by atoms with E-state index in [9.17, 15) is 0 Å². The molecule has 1 rings (SSSR count). The fraction of sp³-hybridized carbons (Fsp3) is 0.364. The molecular weight excluding hydrogens is 178 g/mol. The first kappa shape index (κ1) is 11.9. The van der Waals surface area contributed by atoms with Gasteiger partial charge in [-0.2, -0.15) is 0 Å². The molecule has 0 aliphatic rings. The Hall–Kier alpha value is -1.07. The van der Waals surface area contributed by atoms with Gasteiger partial charge in [0, 0.05) is 0 Å². The lowest BCUT2D eigenvalue weighted by molar-refractivity contribution is 0.795. The molecule has 0 atom stereocenters. The van der Waals surface area contributed by atoms with Crippen molar-refractivity contribution in [2.24, 2.45) is 0 Å². The van der Waals surface area contributed by atoms with Crippen LogP contribution in [0.25, 0.3) is 0 Å². The molecule has 0 unspecified atom stereocenters. The standard InChI is InChI=1S/C10H14.CHNS/c1-2-3-7-10-8-5-4-6-9-10;2-1-3/h4-6,8-9H,2-3,7H2,1H3;3H/p-1. The highest BCUT2D eigenvalue weighted by Gasteiger charge is 1.87. The van der Waals surface area contributed by atoms with Gasteiger partial charge in [-0.3, -0.25) is 0 Å². The molecule has 13 heavy (non-hydrogen) atoms. The van der Waals surface area contributed by atoms with Crippen molar-refractivity contribution in [2.75, 3.05) is 0 Å². The molecule has 1 nitrogen and oxygen atoms in total. The van der Waals surface area contributed by atoms with Crippen molar-refractivity contribution < 1.29 is 0 Å². The monoisotopic (exact) mass is 192 g/mol. The van der Waals surface area contributed by atoms with Crippen LogP contribution in [0, 0.1) is 10.7 Å². The normalized spacial score (nSPS) is 8.00. The van der Waals surface area contributed by atoms with E-state index in [1.54, 1.807) is 0 Å². The minimum absolute atomic E-state index is 1.23. The van der Waals surface area contributed by atoms with Crippen LogP contribution in [0.4, 0.5) is 0 Å². The molecule has 0 spiro atoms. The highest BCUT2D eigenvalue weighted by atomic mass is 32.1. The first-order valence-electron chi connectivity index (χ1n) is 4.40. The molecule has 0 aliphatic heterocycles. The largest absolute Gasteiger partial charge is 0.696 e. The third-order valence-corrected chi connectivity index (χ3v) is 1.66. The molecule has 0 aromatic heterocycles. The molecule has 1 aromatic carbocycles. The van der Waals surface area contributed by atoms with Crippen LogP contribution in [-0.2, 0) is 19.0 Å². The zero-order valence-electron chi connectivity index (χ0n) is 7.86. The number of aryl methyl sites for hydroxylation is 1. The smallest absolute Gasteiger partial charge is 0.0279 e. The molecule has 0 aliphatic carbocycles. The van der Waals surface area contributed by atoms with E-state index in [1.165, 1.54) is 30.2 Å². The summed E-state index contributed by atoms with van der Waals surface area (Å²) < 4.78 is 0. The molecule has 0 N–H and O–H groups in total. The van der Waals surface area contributed by atoms with E-state index in [1.807, 2.05) is 0 Å². The summed E-state index contributed by atoms with van der Waals surface area (Å²) in [6.45, 7) is 2.23. The van der Waals surface area contributed by atoms with Crippen LogP contribution in [0.5, 0.6) is 0 Å². The van der Waals surface area contributed by atoms with Crippen molar-refractivity contribution in [2.45, 2.75) is 26.2 Å². The number of benzene rings is 1. The van der Waals surface area contributed by atoms with Gasteiger partial charge in [0.1, 0.15) is 0 Å². The van der Waals surface area contributed by atoms with Gasteiger partial charge >= 0.3 is 0 Å². The second-order valence-corrected chi connectivity index (χ2v) is 2.86. The van der Waals surface area contributed by atoms with E-state index in [4.69, 9.17) is 5.26 Å². The number of hydrogen-bond acceptors (Lipinski definition) is 2. The summed E-state index contributed by atoms with van der Waals surface area (Å²) in [5.74, 6) is 0. The number of nitriles is 1. The van der Waals surface area contributed by atoms with Crippen LogP contribution in [0.1, 0.15) is 25.3 Å². The summed E-state index contributed by atoms with van der Waals surface area (Å²) >= 11 is 3.70. The molecule has 2 heteroatoms. The zero-order valence-corrected chi connectivity index (χ0v) is 8.68. The Morgan fingerprint density at radius 3 is 2.31 bits per heavy atom. The second kappa shape index (κ2) is 9.02. The summed E-state index contributed by atoms with van der Waals surface area (Å²) in [5.41, 5.74) is 1.46. The highest BCUT2D eigenvalue weighted by molar-refractivity contribution is 7.64. The van der Waals surface area contributed by atoms with E-state index in [-0.39, 0.29) is 0 Å². The summed E-state index contributed by atoms with van der Waals surface area (Å²) in [7, 11) is 0. The van der Waals surface area contributed by atoms with Crippen LogP contribution in [0.3, 0.4) is 0 Å². The fourth-order valence-electron chi connectivity index (χ4n) is 1.03. The molecule has 0 amide bonds. The van der Waals surface area contributed by atoms with Gasteiger partial charge in [-0.25, -0.2) is 5.26 Å². The van der Waals surface area contributed by atoms with Crippen LogP contribution in [0.15, 0.2) is 30.3 Å². The minimum atomic E-state index is 1.23. The Morgan fingerprint density at radius 2 is 1.85 bits per heavy atom. The summed E-state index contributed by atoms with van der Waals surface area (Å²) in [4.78, 5) is 0. The third-order valence-electron chi connectivity index (χ3n) is 1.66. The maximum absolute atomic E-state index is 7.13. The van der Waals surface area contributed by atoms with Gasteiger partial charge in [0.15, 0.2) is 0 Å². The maximum Gasteiger partial charge on any atom is -0.0279 e. The average molecular weight is 192 g/mol. The Bertz CT molecular complexity index is 238. The number of unbranched alkanes of at least 4 members (excludes halogenated alkanes) is 1. The maximum atomic E-state index is 7.13. The van der Waals surface area contributed by atoms with E-state index >= 15 is 0 Å². The summed E-state index contributed by atoms with van der Waals surface area (Å²) in [5, 5.41) is 8.47. The van der Waals surface area contributed by atoms with Crippen LogP contribution >= 0.6 is 0 Å². The van der Waals surface area contributed by atoms with Crippen LogP contribution in [0.2, 0.25) is 0 Å². The topological polar surface area (TPSA) is 23.8 Å². The predicted molar refractivity (Wildman–Crippen MR) is 58.0 cm³/mol. The number of thiocyanates is 1. The molecule has 0 saturated carbocycles. The van der Waals surface area contributed by atoms with Crippen molar-refractivity contribution in [3.63, 3.8) is 0 Å². The van der Waals surface area contributed by atoms with Crippen molar-refractivity contribution in [1.29, 1.82) is 5.26 Å². The van der Waals surface area contributed by atoms with E-state index < -0.39 is 0 Å². The lowest BCUT2D eigenvalue weighted by Gasteiger charge is -1.96. The zero-order chi connectivity index (χ0) is 9.94. The summed E-state index contributed by atoms with van der Waals surface area (Å²) in [6.07, 6.45) is 3.83. The van der Waals surface area contributed by atoms with Gasteiger partial charge in [-0.15, -0.1) is 0 Å². The molecule has 0 bridgehead atoms. The number of hydrogen-bond donors (Lipinski definition) is 0. The fourth-order valence-corrected chi connectivity index (χ4v) is 1.03. The molecule has 0 fully saturated rings. The molecule has 0 radical (unpaired) electrons. The van der Waals surface area contributed by atoms with Crippen molar-refractivity contribution in [3.05, 3.63) is 35.9 Å². The highest BCUT2D eigenvalue weighted by Crippen LogP contribution is 2.03. The van der Waals surface area contributed by atoms with Gasteiger partial charge in [0.25, 0.3) is 0 Å². The minimum Gasteiger partial charge on any atom is -0.696 e. The van der Waals surface area contributed by atoms with Crippen LogP contribution in [-0.4, -0.2) is 0 Å². The van der Waals surface area contributed by atoms with Gasteiger partial charge in [0.05, 0.1) is 0 Å². The molecule has 70 valence electrons. The third kappa shape index (κ3) is 7.30. The van der Waals surface area contributed by atoms with Crippen LogP contribution < -0.4 is 0 Å². The lowest BCUT2D eigenvalue weighted by atomic mass is 10.1. The molecule has 0 saturated heterocycles. The predicted octanol–water partition coefficient (Wildman–Crippen LogP) is 3.04. The van der Waals surface area contributed by atoms with Gasteiger partial charge in [-0.05, 0) is 18.4 Å². The SMILES string of the molecule is CCCCc1ccccc1.N#C[S-]. The Labute approximate surface area is 85.8 Å². The van der Waals surface area contributed by atoms with Gasteiger partial charge < -0.3 is 12.6 Å². The van der Waals surface area contributed by atoms with E-state index in [0.29, 0.717) is 0 Å². The second-order valence-electron chi connectivity index (χ2n) is 2.68. The van der Waals surface area contributed by atoms with Crippen molar-refractivity contribution in [3.8, 4) is 5.40 Å². The van der Waals surface area contributed by atoms with E-state index in [2.05, 4.69) is 49.9 Å². The van der Waals surface area contributed by atoms with Gasteiger partial charge in [0.2, 0.25) is 0 Å². The van der Waals surface area contributed by atoms with Crippen molar-refractivity contribution in [1.82, 2.24) is 0 Å². The number of rotatable bonds is 3. The van der Waals surface area contributed by atoms with Gasteiger partial charge in [-0.1, -0.05) is 49.1 Å². The molecule has 0 heterocycles. The quantitative estimate of drug-likeness (QED) is 0.543. The first-order chi connectivity index (χ1) is 6.35. The molecule has 1 aromatic rings. The molecular formula is C11H14NS-. The number of nitrogens with zero attached hydrogens (tertiary/aromatic N) is 1. The van der Waals surface area contributed by atoms with E-state index in [0.717, 1.165) is 0 Å². The Morgan fingerprint density at radius 1 is 1.31 bits per heavy atom. The summed E-state index contributed by atoms with van der Waals surface area (Å²) in [6, 6.07) is 10.6. The Balaban J connectivity index is 0.000000424. The Kier molecular flexibility index (Phi) is 8.28.